The van der Waals surface area contributed by atoms with Crippen LogP contribution in [0.1, 0.15) is 406 Å². The van der Waals surface area contributed by atoms with E-state index in [9.17, 15) is 14.4 Å². The second-order valence-electron chi connectivity index (χ2n) is 24.5. The fraction of sp³-hybridized carbons (Fsp3) is 0.904. The van der Waals surface area contributed by atoms with Crippen LogP contribution >= 0.6 is 0 Å². The Morgan fingerprint density at radius 1 is 0.241 bits per heavy atom. The molecular formula is C73H138O6. The van der Waals surface area contributed by atoms with Gasteiger partial charge in [-0.25, -0.2) is 0 Å². The van der Waals surface area contributed by atoms with Gasteiger partial charge < -0.3 is 14.2 Å². The summed E-state index contributed by atoms with van der Waals surface area (Å²) in [5.74, 6) is -0.849. The van der Waals surface area contributed by atoms with Gasteiger partial charge in [-0.05, 0) is 70.6 Å². The number of hydrogen-bond acceptors (Lipinski definition) is 6. The highest BCUT2D eigenvalue weighted by molar-refractivity contribution is 5.71. The average Bonchev–Trinajstić information content (AvgIpc) is 3.45. The Balaban J connectivity index is 4.00. The first-order valence-corrected chi connectivity index (χ1v) is 35.8. The summed E-state index contributed by atoms with van der Waals surface area (Å²) in [5.41, 5.74) is 0. The summed E-state index contributed by atoms with van der Waals surface area (Å²) in [6.07, 6.45) is 83.8. The standard InChI is InChI=1S/C73H138O6/c1-4-7-10-13-16-19-22-25-27-28-29-30-31-32-33-34-35-36-37-38-39-40-41-42-43-44-45-46-47-49-51-54-57-60-63-66-72(75)78-69-70(68-77-71(74)65-62-59-56-53-50-24-21-18-15-12-9-6-3)79-73(76)67-64-61-58-55-52-48-26-23-20-17-14-11-8-5-2/h18,21,28-29,70H,4-17,19-20,22-27,30-69H2,1-3H3/b21-18-,29-28-. The molecule has 0 heterocycles. The summed E-state index contributed by atoms with van der Waals surface area (Å²) in [4.78, 5) is 38.3. The maximum Gasteiger partial charge on any atom is 0.306 e. The van der Waals surface area contributed by atoms with Crippen molar-refractivity contribution in [3.63, 3.8) is 0 Å². The number of carbonyl (C=O) groups excluding carboxylic acids is 3. The number of unbranched alkanes of at least 4 members (excludes halogenated alkanes) is 52. The van der Waals surface area contributed by atoms with Crippen molar-refractivity contribution in [2.45, 2.75) is 412 Å². The molecule has 0 amide bonds. The lowest BCUT2D eigenvalue weighted by atomic mass is 10.0. The predicted octanol–water partition coefficient (Wildman–Crippen LogP) is 24.6. The quantitative estimate of drug-likeness (QED) is 0.0261. The first-order chi connectivity index (χ1) is 39.0. The van der Waals surface area contributed by atoms with Gasteiger partial charge in [0.1, 0.15) is 13.2 Å². The number of esters is 3. The van der Waals surface area contributed by atoms with E-state index in [1.54, 1.807) is 0 Å². The Morgan fingerprint density at radius 2 is 0.418 bits per heavy atom. The van der Waals surface area contributed by atoms with E-state index in [0.29, 0.717) is 19.3 Å². The molecule has 0 spiro atoms. The molecule has 466 valence electrons. The Labute approximate surface area is 493 Å². The molecule has 1 atom stereocenters. The van der Waals surface area contributed by atoms with E-state index in [4.69, 9.17) is 14.2 Å². The third kappa shape index (κ3) is 66.6. The van der Waals surface area contributed by atoms with Crippen molar-refractivity contribution in [2.75, 3.05) is 13.2 Å². The van der Waals surface area contributed by atoms with Gasteiger partial charge in [-0.15, -0.1) is 0 Å². The highest BCUT2D eigenvalue weighted by Gasteiger charge is 2.19. The van der Waals surface area contributed by atoms with Crippen LogP contribution in [0.4, 0.5) is 0 Å². The lowest BCUT2D eigenvalue weighted by Gasteiger charge is -2.18. The molecule has 0 aliphatic heterocycles. The maximum atomic E-state index is 12.9. The van der Waals surface area contributed by atoms with Gasteiger partial charge >= 0.3 is 17.9 Å². The monoisotopic (exact) mass is 1110 g/mol. The highest BCUT2D eigenvalue weighted by atomic mass is 16.6. The van der Waals surface area contributed by atoms with Crippen LogP contribution in [-0.4, -0.2) is 37.2 Å². The molecule has 0 N–H and O–H groups in total. The van der Waals surface area contributed by atoms with Crippen LogP contribution in [0, 0.1) is 0 Å². The van der Waals surface area contributed by atoms with Gasteiger partial charge in [-0.2, -0.15) is 0 Å². The van der Waals surface area contributed by atoms with Gasteiger partial charge in [-0.1, -0.05) is 340 Å². The van der Waals surface area contributed by atoms with Gasteiger partial charge in [-0.3, -0.25) is 14.4 Å². The molecule has 0 saturated carbocycles. The molecule has 6 heteroatoms. The summed E-state index contributed by atoms with van der Waals surface area (Å²) in [6.45, 7) is 6.68. The fourth-order valence-corrected chi connectivity index (χ4v) is 11.0. The molecule has 0 aliphatic carbocycles. The van der Waals surface area contributed by atoms with Crippen molar-refractivity contribution in [1.82, 2.24) is 0 Å². The summed E-state index contributed by atoms with van der Waals surface area (Å²) in [6, 6.07) is 0. The molecule has 0 radical (unpaired) electrons. The van der Waals surface area contributed by atoms with Crippen molar-refractivity contribution in [3.05, 3.63) is 24.3 Å². The van der Waals surface area contributed by atoms with E-state index in [1.807, 2.05) is 0 Å². The molecule has 79 heavy (non-hydrogen) atoms. The number of ether oxygens (including phenoxy) is 3. The molecule has 0 aromatic heterocycles. The van der Waals surface area contributed by atoms with Gasteiger partial charge in [0.15, 0.2) is 6.10 Å². The minimum absolute atomic E-state index is 0.0673. The van der Waals surface area contributed by atoms with Gasteiger partial charge in [0.05, 0.1) is 0 Å². The number of rotatable bonds is 67. The van der Waals surface area contributed by atoms with Gasteiger partial charge in [0.2, 0.25) is 0 Å². The Bertz CT molecular complexity index is 1270. The average molecular weight is 1110 g/mol. The van der Waals surface area contributed by atoms with Crippen molar-refractivity contribution in [2.24, 2.45) is 0 Å². The zero-order chi connectivity index (χ0) is 57.1. The number of hydrogen-bond donors (Lipinski definition) is 0. The summed E-state index contributed by atoms with van der Waals surface area (Å²) >= 11 is 0. The highest BCUT2D eigenvalue weighted by Crippen LogP contribution is 2.19. The first-order valence-electron chi connectivity index (χ1n) is 35.8. The Kier molecular flexibility index (Phi) is 66.6. The largest absolute Gasteiger partial charge is 0.462 e. The molecule has 6 nitrogen and oxygen atoms in total. The molecule has 0 saturated heterocycles. The summed E-state index contributed by atoms with van der Waals surface area (Å²) in [7, 11) is 0. The number of carbonyl (C=O) groups is 3. The summed E-state index contributed by atoms with van der Waals surface area (Å²) in [5, 5.41) is 0. The van der Waals surface area contributed by atoms with Gasteiger partial charge in [0.25, 0.3) is 0 Å². The van der Waals surface area contributed by atoms with Crippen molar-refractivity contribution in [3.8, 4) is 0 Å². The van der Waals surface area contributed by atoms with Crippen LogP contribution in [0.5, 0.6) is 0 Å². The first kappa shape index (κ1) is 76.9. The molecule has 0 fully saturated rings. The van der Waals surface area contributed by atoms with Crippen molar-refractivity contribution < 1.29 is 28.6 Å². The van der Waals surface area contributed by atoms with Crippen LogP contribution < -0.4 is 0 Å². The lowest BCUT2D eigenvalue weighted by molar-refractivity contribution is -0.167. The Hall–Kier alpha value is -2.11. The van der Waals surface area contributed by atoms with Crippen LogP contribution in [-0.2, 0) is 28.6 Å². The zero-order valence-corrected chi connectivity index (χ0v) is 53.7. The smallest absolute Gasteiger partial charge is 0.306 e. The van der Waals surface area contributed by atoms with Crippen LogP contribution in [0.2, 0.25) is 0 Å². The minimum Gasteiger partial charge on any atom is -0.462 e. The second kappa shape index (κ2) is 68.4. The maximum absolute atomic E-state index is 12.9. The molecule has 0 aromatic rings. The van der Waals surface area contributed by atoms with Crippen LogP contribution in [0.3, 0.4) is 0 Å². The lowest BCUT2D eigenvalue weighted by Crippen LogP contribution is -2.30. The van der Waals surface area contributed by atoms with E-state index in [0.717, 1.165) is 64.2 Å². The Morgan fingerprint density at radius 3 is 0.658 bits per heavy atom. The van der Waals surface area contributed by atoms with E-state index in [1.165, 1.54) is 302 Å². The van der Waals surface area contributed by atoms with Gasteiger partial charge in [0, 0.05) is 19.3 Å². The van der Waals surface area contributed by atoms with Crippen LogP contribution in [0.25, 0.3) is 0 Å². The molecular weight excluding hydrogens is 973 g/mol. The normalized spacial score (nSPS) is 12.1. The molecule has 0 rings (SSSR count). The zero-order valence-electron chi connectivity index (χ0n) is 53.7. The van der Waals surface area contributed by atoms with E-state index in [-0.39, 0.29) is 31.1 Å². The third-order valence-electron chi connectivity index (χ3n) is 16.4. The van der Waals surface area contributed by atoms with Crippen molar-refractivity contribution >= 4 is 17.9 Å². The predicted molar refractivity (Wildman–Crippen MR) is 344 cm³/mol. The van der Waals surface area contributed by atoms with E-state index < -0.39 is 6.10 Å². The molecule has 0 aliphatic rings. The topological polar surface area (TPSA) is 78.9 Å². The van der Waals surface area contributed by atoms with Crippen LogP contribution in [0.15, 0.2) is 24.3 Å². The molecule has 0 bridgehead atoms. The third-order valence-corrected chi connectivity index (χ3v) is 16.4. The molecule has 0 aromatic carbocycles. The number of allylic oxidation sites excluding steroid dienone is 4. The van der Waals surface area contributed by atoms with Crippen molar-refractivity contribution in [1.29, 1.82) is 0 Å². The SMILES string of the molecule is CCCCC/C=C\CCCCCCCC(=O)OCC(COC(=O)CCCCCCCCCCCCCCCCCCCCCCCCC/C=C\CCCCCCCCCC)OC(=O)CCCCCCCCCCCCCCCC. The summed E-state index contributed by atoms with van der Waals surface area (Å²) < 4.78 is 16.9. The van der Waals surface area contributed by atoms with E-state index >= 15 is 0 Å². The molecule has 1 unspecified atom stereocenters. The fourth-order valence-electron chi connectivity index (χ4n) is 11.0. The second-order valence-corrected chi connectivity index (χ2v) is 24.5. The minimum atomic E-state index is -0.770. The van der Waals surface area contributed by atoms with E-state index in [2.05, 4.69) is 45.1 Å².